The summed E-state index contributed by atoms with van der Waals surface area (Å²) in [5, 5.41) is 0.782. The number of thiol groups is 1. The number of rotatable bonds is 23. The zero-order valence-corrected chi connectivity index (χ0v) is 23.0. The van der Waals surface area contributed by atoms with Crippen LogP contribution >= 0.6 is 24.2 Å². The average molecular weight is 481 g/mol. The van der Waals surface area contributed by atoms with Crippen molar-refractivity contribution in [3.05, 3.63) is 28.8 Å². The number of unbranched alkanes of at least 4 members (excludes halogenated alkanes) is 21. The van der Waals surface area contributed by atoms with Gasteiger partial charge in [-0.25, -0.2) is 0 Å². The molecule has 0 fully saturated rings. The fourth-order valence-corrected chi connectivity index (χ4v) is 4.99. The Kier molecular flexibility index (Phi) is 21.2. The van der Waals surface area contributed by atoms with E-state index in [9.17, 15) is 0 Å². The minimum atomic E-state index is 0.782. The maximum absolute atomic E-state index is 6.14. The van der Waals surface area contributed by atoms with Gasteiger partial charge in [0.1, 0.15) is 0 Å². The van der Waals surface area contributed by atoms with Crippen LogP contribution in [0.3, 0.4) is 0 Å². The van der Waals surface area contributed by atoms with Crippen LogP contribution in [-0.4, -0.2) is 0 Å². The lowest BCUT2D eigenvalue weighted by Crippen LogP contribution is -1.87. The molecule has 0 amide bonds. The Bertz CT molecular complexity index is 528. The topological polar surface area (TPSA) is 0 Å². The molecule has 0 aliphatic heterocycles. The second-order valence-electron chi connectivity index (χ2n) is 9.96. The van der Waals surface area contributed by atoms with Crippen molar-refractivity contribution in [3.63, 3.8) is 0 Å². The van der Waals surface area contributed by atoms with Crippen LogP contribution in [0.5, 0.6) is 0 Å². The Hall–Kier alpha value is -0.140. The molecule has 1 aromatic carbocycles. The molecule has 0 aliphatic rings. The summed E-state index contributed by atoms with van der Waals surface area (Å²) < 4.78 is 0. The Balaban J connectivity index is 1.71. The number of benzene rings is 1. The van der Waals surface area contributed by atoms with E-state index in [2.05, 4.69) is 31.7 Å². The number of halogens is 1. The van der Waals surface area contributed by atoms with Gasteiger partial charge in [-0.2, -0.15) is 0 Å². The molecule has 0 aromatic heterocycles. The highest BCUT2D eigenvalue weighted by Gasteiger charge is 1.99. The highest BCUT2D eigenvalue weighted by molar-refractivity contribution is 7.80. The molecular formula is C30H53ClS. The molecule has 0 N–H and O–H groups in total. The van der Waals surface area contributed by atoms with Gasteiger partial charge in [0.25, 0.3) is 0 Å². The summed E-state index contributed by atoms with van der Waals surface area (Å²) in [6.07, 6.45) is 32.8. The van der Waals surface area contributed by atoms with E-state index in [1.165, 1.54) is 147 Å². The van der Waals surface area contributed by atoms with Crippen molar-refractivity contribution in [3.8, 4) is 0 Å². The third kappa shape index (κ3) is 18.3. The van der Waals surface area contributed by atoms with E-state index >= 15 is 0 Å². The Morgan fingerprint density at radius 1 is 0.531 bits per heavy atom. The van der Waals surface area contributed by atoms with E-state index < -0.39 is 0 Å². The van der Waals surface area contributed by atoms with E-state index in [4.69, 9.17) is 11.6 Å². The molecule has 32 heavy (non-hydrogen) atoms. The SMILES string of the molecule is CCCCCCCCCCCCCCCCCCCCCCCCc1ccc(S)c(Cl)c1. The maximum atomic E-state index is 6.14. The van der Waals surface area contributed by atoms with Crippen molar-refractivity contribution in [1.29, 1.82) is 0 Å². The maximum Gasteiger partial charge on any atom is 0.0541 e. The first kappa shape index (κ1) is 29.9. The molecule has 1 rings (SSSR count). The van der Waals surface area contributed by atoms with Gasteiger partial charge in [0.2, 0.25) is 0 Å². The Morgan fingerprint density at radius 3 is 1.22 bits per heavy atom. The summed E-state index contributed by atoms with van der Waals surface area (Å²) in [5.41, 5.74) is 1.35. The van der Waals surface area contributed by atoms with Crippen molar-refractivity contribution in [1.82, 2.24) is 0 Å². The zero-order valence-electron chi connectivity index (χ0n) is 21.3. The van der Waals surface area contributed by atoms with Crippen molar-refractivity contribution >= 4 is 24.2 Å². The predicted molar refractivity (Wildman–Crippen MR) is 150 cm³/mol. The molecule has 0 atom stereocenters. The monoisotopic (exact) mass is 480 g/mol. The van der Waals surface area contributed by atoms with E-state index in [0.29, 0.717) is 0 Å². The molecule has 0 heterocycles. The van der Waals surface area contributed by atoms with Crippen molar-refractivity contribution < 1.29 is 0 Å². The van der Waals surface area contributed by atoms with Gasteiger partial charge in [0.15, 0.2) is 0 Å². The first-order valence-corrected chi connectivity index (χ1v) is 15.0. The fraction of sp³-hybridized carbons (Fsp3) is 0.800. The van der Waals surface area contributed by atoms with Gasteiger partial charge >= 0.3 is 0 Å². The van der Waals surface area contributed by atoms with Gasteiger partial charge in [-0.3, -0.25) is 0 Å². The molecule has 0 spiro atoms. The fourth-order valence-electron chi connectivity index (χ4n) is 4.64. The second kappa shape index (κ2) is 22.6. The lowest BCUT2D eigenvalue weighted by Gasteiger charge is -2.05. The highest BCUT2D eigenvalue weighted by atomic mass is 35.5. The predicted octanol–water partition coefficient (Wildman–Crippen LogP) is 11.8. The van der Waals surface area contributed by atoms with Crippen LogP contribution in [0.2, 0.25) is 5.02 Å². The molecule has 0 unspecified atom stereocenters. The van der Waals surface area contributed by atoms with E-state index in [-0.39, 0.29) is 0 Å². The minimum absolute atomic E-state index is 0.782. The van der Waals surface area contributed by atoms with Gasteiger partial charge in [-0.1, -0.05) is 159 Å². The van der Waals surface area contributed by atoms with E-state index in [1.54, 1.807) is 0 Å². The first-order valence-electron chi connectivity index (χ1n) is 14.2. The molecule has 0 saturated heterocycles. The van der Waals surface area contributed by atoms with Crippen LogP contribution in [0.4, 0.5) is 0 Å². The largest absolute Gasteiger partial charge is 0.142 e. The minimum Gasteiger partial charge on any atom is -0.142 e. The highest BCUT2D eigenvalue weighted by Crippen LogP contribution is 2.22. The van der Waals surface area contributed by atoms with Gasteiger partial charge in [0, 0.05) is 4.90 Å². The summed E-state index contributed by atoms with van der Waals surface area (Å²) >= 11 is 10.5. The van der Waals surface area contributed by atoms with Crippen molar-refractivity contribution in [2.75, 3.05) is 0 Å². The molecule has 1 aromatic rings. The second-order valence-corrected chi connectivity index (χ2v) is 10.8. The van der Waals surface area contributed by atoms with Crippen LogP contribution < -0.4 is 0 Å². The summed E-state index contributed by atoms with van der Waals surface area (Å²) in [7, 11) is 0. The summed E-state index contributed by atoms with van der Waals surface area (Å²) in [6.45, 7) is 2.30. The lowest BCUT2D eigenvalue weighted by atomic mass is 10.0. The molecule has 0 aliphatic carbocycles. The standard InChI is InChI=1S/C30H53ClS/c1-2-3-4-5-6-7-8-9-10-11-12-13-14-15-16-17-18-19-20-21-22-23-24-28-25-26-30(32)29(31)27-28/h25-27,32H,2-24H2,1H3. The third-order valence-corrected chi connectivity index (χ3v) is 7.67. The van der Waals surface area contributed by atoms with Gasteiger partial charge in [0.05, 0.1) is 5.02 Å². The third-order valence-electron chi connectivity index (χ3n) is 6.83. The summed E-state index contributed by atoms with van der Waals surface area (Å²) in [6, 6.07) is 6.24. The summed E-state index contributed by atoms with van der Waals surface area (Å²) in [4.78, 5) is 0.879. The Morgan fingerprint density at radius 2 is 0.875 bits per heavy atom. The molecule has 2 heteroatoms. The molecule has 0 radical (unpaired) electrons. The van der Waals surface area contributed by atoms with Gasteiger partial charge < -0.3 is 0 Å². The number of aryl methyl sites for hydroxylation is 1. The van der Waals surface area contributed by atoms with Crippen LogP contribution in [-0.2, 0) is 6.42 Å². The van der Waals surface area contributed by atoms with Gasteiger partial charge in [-0.15, -0.1) is 12.6 Å². The summed E-state index contributed by atoms with van der Waals surface area (Å²) in [5.74, 6) is 0. The van der Waals surface area contributed by atoms with Crippen LogP contribution in [0.15, 0.2) is 23.1 Å². The average Bonchev–Trinajstić information content (AvgIpc) is 2.79. The van der Waals surface area contributed by atoms with E-state index in [1.807, 2.05) is 6.07 Å². The van der Waals surface area contributed by atoms with Crippen LogP contribution in [0, 0.1) is 0 Å². The normalized spacial score (nSPS) is 11.3. The quantitative estimate of drug-likeness (QED) is 0.117. The molecule has 186 valence electrons. The molecule has 0 nitrogen and oxygen atoms in total. The number of hydrogen-bond acceptors (Lipinski definition) is 1. The lowest BCUT2D eigenvalue weighted by molar-refractivity contribution is 0.519. The smallest absolute Gasteiger partial charge is 0.0541 e. The van der Waals surface area contributed by atoms with Crippen molar-refractivity contribution in [2.45, 2.75) is 159 Å². The molecule has 0 bridgehead atoms. The zero-order chi connectivity index (χ0) is 23.1. The number of hydrogen-bond donors (Lipinski definition) is 1. The van der Waals surface area contributed by atoms with Crippen LogP contribution in [0.25, 0.3) is 0 Å². The molecular weight excluding hydrogens is 428 g/mol. The Labute approximate surface area is 212 Å². The van der Waals surface area contributed by atoms with E-state index in [0.717, 1.165) is 16.3 Å². The molecule has 0 saturated carbocycles. The van der Waals surface area contributed by atoms with Gasteiger partial charge in [-0.05, 0) is 30.5 Å². The van der Waals surface area contributed by atoms with Crippen molar-refractivity contribution in [2.24, 2.45) is 0 Å². The first-order chi connectivity index (χ1) is 15.7. The van der Waals surface area contributed by atoms with Crippen LogP contribution in [0.1, 0.15) is 154 Å².